The molecular weight excluding hydrogens is 326 g/mol. The van der Waals surface area contributed by atoms with Gasteiger partial charge in [-0.3, -0.25) is 4.90 Å². The summed E-state index contributed by atoms with van der Waals surface area (Å²) in [6.07, 6.45) is 0. The zero-order chi connectivity index (χ0) is 18.6. The fourth-order valence-corrected chi connectivity index (χ4v) is 3.73. The number of nitrogens with zero attached hydrogens (tertiary/aromatic N) is 1. The van der Waals surface area contributed by atoms with Gasteiger partial charge in [-0.05, 0) is 57.9 Å². The van der Waals surface area contributed by atoms with Crippen LogP contribution in [-0.2, 0) is 0 Å². The molecule has 0 aliphatic carbocycles. The number of aryl methyl sites for hydroxylation is 5. The standard InChI is InChI=1S/C22H21NO3/c1-12-6-7-18-17(10-12)22(24)26-19-11-16(5)25-21(19)23(18)20-14(3)8-13(2)9-15(20)4/h6-11H,1-5H3. The number of carbonyl (C=O) groups is 1. The third kappa shape index (κ3) is 2.49. The molecule has 0 saturated carbocycles. The van der Waals surface area contributed by atoms with Crippen LogP contribution in [0.25, 0.3) is 0 Å². The Kier molecular flexibility index (Phi) is 3.65. The predicted octanol–water partition coefficient (Wildman–Crippen LogP) is 5.82. The van der Waals surface area contributed by atoms with Gasteiger partial charge in [-0.15, -0.1) is 0 Å². The Labute approximate surface area is 153 Å². The monoisotopic (exact) mass is 347 g/mol. The van der Waals surface area contributed by atoms with E-state index < -0.39 is 0 Å². The van der Waals surface area contributed by atoms with Crippen molar-refractivity contribution in [3.05, 3.63) is 70.0 Å². The highest BCUT2D eigenvalue weighted by atomic mass is 16.5. The van der Waals surface area contributed by atoms with Crippen LogP contribution < -0.4 is 9.64 Å². The Balaban J connectivity index is 2.08. The van der Waals surface area contributed by atoms with Crippen LogP contribution in [-0.4, -0.2) is 5.97 Å². The van der Waals surface area contributed by atoms with Crippen molar-refractivity contribution < 1.29 is 13.9 Å². The van der Waals surface area contributed by atoms with Crippen molar-refractivity contribution >= 4 is 23.2 Å². The molecule has 4 heteroatoms. The molecule has 0 saturated heterocycles. The van der Waals surface area contributed by atoms with E-state index in [1.54, 1.807) is 6.07 Å². The maximum Gasteiger partial charge on any atom is 0.345 e. The lowest BCUT2D eigenvalue weighted by Crippen LogP contribution is -2.14. The molecule has 0 bridgehead atoms. The van der Waals surface area contributed by atoms with Gasteiger partial charge in [0.1, 0.15) is 5.76 Å². The van der Waals surface area contributed by atoms with Crippen molar-refractivity contribution in [2.75, 3.05) is 4.90 Å². The average Bonchev–Trinajstić information content (AvgIpc) is 2.86. The van der Waals surface area contributed by atoms with Crippen LogP contribution in [0.4, 0.5) is 17.3 Å². The second kappa shape index (κ2) is 5.77. The van der Waals surface area contributed by atoms with Gasteiger partial charge in [0.2, 0.25) is 5.88 Å². The van der Waals surface area contributed by atoms with Crippen LogP contribution in [0.5, 0.6) is 5.75 Å². The third-order valence-corrected chi connectivity index (χ3v) is 4.68. The Morgan fingerprint density at radius 3 is 2.23 bits per heavy atom. The number of esters is 1. The average molecular weight is 347 g/mol. The van der Waals surface area contributed by atoms with Crippen molar-refractivity contribution in [3.63, 3.8) is 0 Å². The number of anilines is 3. The summed E-state index contributed by atoms with van der Waals surface area (Å²) in [5.41, 5.74) is 6.75. The number of benzene rings is 2. The molecule has 0 radical (unpaired) electrons. The molecule has 1 aliphatic rings. The molecule has 4 nitrogen and oxygen atoms in total. The molecule has 3 aromatic rings. The highest BCUT2D eigenvalue weighted by molar-refractivity contribution is 6.02. The second-order valence-electron chi connectivity index (χ2n) is 7.02. The van der Waals surface area contributed by atoms with Crippen molar-refractivity contribution in [1.29, 1.82) is 0 Å². The Morgan fingerprint density at radius 2 is 1.54 bits per heavy atom. The number of furan rings is 1. The summed E-state index contributed by atoms with van der Waals surface area (Å²) in [4.78, 5) is 14.7. The summed E-state index contributed by atoms with van der Waals surface area (Å²) >= 11 is 0. The smallest absolute Gasteiger partial charge is 0.345 e. The number of hydrogen-bond donors (Lipinski definition) is 0. The van der Waals surface area contributed by atoms with Gasteiger partial charge in [0.25, 0.3) is 0 Å². The Hall–Kier alpha value is -3.01. The highest BCUT2D eigenvalue weighted by Crippen LogP contribution is 2.48. The van der Waals surface area contributed by atoms with Crippen LogP contribution in [0.2, 0.25) is 0 Å². The number of hydrogen-bond acceptors (Lipinski definition) is 4. The van der Waals surface area contributed by atoms with E-state index in [4.69, 9.17) is 9.15 Å². The molecule has 2 aromatic carbocycles. The van der Waals surface area contributed by atoms with E-state index in [9.17, 15) is 4.79 Å². The van der Waals surface area contributed by atoms with Crippen LogP contribution in [0.15, 0.2) is 40.8 Å². The Bertz CT molecular complexity index is 1020. The van der Waals surface area contributed by atoms with E-state index in [0.717, 1.165) is 28.1 Å². The summed E-state index contributed by atoms with van der Waals surface area (Å²) in [7, 11) is 0. The lowest BCUT2D eigenvalue weighted by atomic mass is 10.0. The molecule has 0 unspecified atom stereocenters. The lowest BCUT2D eigenvalue weighted by Gasteiger charge is -2.26. The van der Waals surface area contributed by atoms with Crippen molar-refractivity contribution in [3.8, 4) is 5.75 Å². The molecule has 0 fully saturated rings. The molecule has 0 amide bonds. The van der Waals surface area contributed by atoms with Gasteiger partial charge in [-0.25, -0.2) is 4.79 Å². The minimum Gasteiger partial charge on any atom is -0.442 e. The zero-order valence-electron chi connectivity index (χ0n) is 15.6. The SMILES string of the molecule is Cc1cc(C)c(N2c3ccc(C)cc3C(=O)Oc3cc(C)oc32)c(C)c1. The van der Waals surface area contributed by atoms with Crippen LogP contribution >= 0.6 is 0 Å². The van der Waals surface area contributed by atoms with Crippen LogP contribution in [0.1, 0.15) is 38.4 Å². The van der Waals surface area contributed by atoms with Crippen molar-refractivity contribution in [2.45, 2.75) is 34.6 Å². The number of fused-ring (bicyclic) bond motifs is 2. The quantitative estimate of drug-likeness (QED) is 0.520. The summed E-state index contributed by atoms with van der Waals surface area (Å²) in [6.45, 7) is 10.1. The van der Waals surface area contributed by atoms with Gasteiger partial charge < -0.3 is 9.15 Å². The molecule has 2 heterocycles. The van der Waals surface area contributed by atoms with Gasteiger partial charge in [0.15, 0.2) is 5.75 Å². The molecule has 0 N–H and O–H groups in total. The number of carbonyl (C=O) groups excluding carboxylic acids is 1. The van der Waals surface area contributed by atoms with Gasteiger partial charge >= 0.3 is 5.97 Å². The third-order valence-electron chi connectivity index (χ3n) is 4.68. The van der Waals surface area contributed by atoms with Crippen LogP contribution in [0.3, 0.4) is 0 Å². The maximum atomic E-state index is 12.7. The van der Waals surface area contributed by atoms with Gasteiger partial charge in [-0.1, -0.05) is 29.3 Å². The first-order valence-corrected chi connectivity index (χ1v) is 8.66. The van der Waals surface area contributed by atoms with Gasteiger partial charge in [0, 0.05) is 6.07 Å². The Morgan fingerprint density at radius 1 is 0.846 bits per heavy atom. The fraction of sp³-hybridized carbons (Fsp3) is 0.227. The molecule has 4 rings (SSSR count). The van der Waals surface area contributed by atoms with Gasteiger partial charge in [0.05, 0.1) is 16.9 Å². The first-order chi connectivity index (χ1) is 12.3. The fourth-order valence-electron chi connectivity index (χ4n) is 3.73. The highest BCUT2D eigenvalue weighted by Gasteiger charge is 2.32. The van der Waals surface area contributed by atoms with Crippen LogP contribution in [0, 0.1) is 34.6 Å². The summed E-state index contributed by atoms with van der Waals surface area (Å²) < 4.78 is 11.6. The van der Waals surface area contributed by atoms with E-state index in [0.29, 0.717) is 23.0 Å². The minimum atomic E-state index is -0.365. The van der Waals surface area contributed by atoms with Gasteiger partial charge in [-0.2, -0.15) is 0 Å². The maximum absolute atomic E-state index is 12.7. The van der Waals surface area contributed by atoms with Crippen molar-refractivity contribution in [1.82, 2.24) is 0 Å². The summed E-state index contributed by atoms with van der Waals surface area (Å²) in [5.74, 6) is 1.32. The van der Waals surface area contributed by atoms with E-state index in [-0.39, 0.29) is 5.97 Å². The molecule has 0 atom stereocenters. The van der Waals surface area contributed by atoms with E-state index in [1.165, 1.54) is 5.56 Å². The second-order valence-corrected chi connectivity index (χ2v) is 7.02. The molecule has 26 heavy (non-hydrogen) atoms. The normalized spacial score (nSPS) is 13.1. The lowest BCUT2D eigenvalue weighted by molar-refractivity contribution is 0.0738. The zero-order valence-corrected chi connectivity index (χ0v) is 15.6. The first-order valence-electron chi connectivity index (χ1n) is 8.66. The predicted molar refractivity (Wildman–Crippen MR) is 102 cm³/mol. The molecule has 132 valence electrons. The van der Waals surface area contributed by atoms with E-state index in [2.05, 4.69) is 32.9 Å². The van der Waals surface area contributed by atoms with Crippen molar-refractivity contribution in [2.24, 2.45) is 0 Å². The molecule has 0 spiro atoms. The first kappa shape index (κ1) is 16.5. The summed E-state index contributed by atoms with van der Waals surface area (Å²) in [6, 6.07) is 11.9. The molecular formula is C22H21NO3. The molecule has 1 aromatic heterocycles. The van der Waals surface area contributed by atoms with E-state index >= 15 is 0 Å². The minimum absolute atomic E-state index is 0.365. The molecule has 1 aliphatic heterocycles. The number of rotatable bonds is 1. The largest absolute Gasteiger partial charge is 0.442 e. The number of ether oxygens (including phenoxy) is 1. The topological polar surface area (TPSA) is 42.7 Å². The summed E-state index contributed by atoms with van der Waals surface area (Å²) in [5, 5.41) is 0. The van der Waals surface area contributed by atoms with E-state index in [1.807, 2.05) is 36.9 Å².